The molecule has 148 valence electrons. The molecule has 2 N–H and O–H groups in total. The Balaban J connectivity index is 0.00000261. The van der Waals surface area contributed by atoms with E-state index in [-0.39, 0.29) is 29.4 Å². The third-order valence-electron chi connectivity index (χ3n) is 4.83. The molecule has 1 fully saturated rings. The van der Waals surface area contributed by atoms with Gasteiger partial charge in [0.2, 0.25) is 0 Å². The molecule has 0 spiro atoms. The van der Waals surface area contributed by atoms with E-state index in [2.05, 4.69) is 46.5 Å². The van der Waals surface area contributed by atoms with Gasteiger partial charge in [-0.3, -0.25) is 0 Å². The Bertz CT molecular complexity index is 718. The second-order valence-corrected chi connectivity index (χ2v) is 7.74. The van der Waals surface area contributed by atoms with Crippen LogP contribution in [0.2, 0.25) is 5.02 Å². The number of rotatable bonds is 6. The summed E-state index contributed by atoms with van der Waals surface area (Å²) in [6.07, 6.45) is 1.90. The van der Waals surface area contributed by atoms with E-state index in [0.29, 0.717) is 6.54 Å². The summed E-state index contributed by atoms with van der Waals surface area (Å²) in [5, 5.41) is 11.9. The molecule has 0 amide bonds. The zero-order valence-electron chi connectivity index (χ0n) is 15.5. The Morgan fingerprint density at radius 1 is 1.22 bits per heavy atom. The van der Waals surface area contributed by atoms with Gasteiger partial charge in [-0.15, -0.1) is 24.0 Å². The third-order valence-corrected chi connectivity index (χ3v) is 5.90. The van der Waals surface area contributed by atoms with Gasteiger partial charge in [0, 0.05) is 36.7 Å². The van der Waals surface area contributed by atoms with Gasteiger partial charge in [0.25, 0.3) is 0 Å². The lowest BCUT2D eigenvalue weighted by Gasteiger charge is -2.38. The average Bonchev–Trinajstić information content (AvgIpc) is 3.19. The van der Waals surface area contributed by atoms with Crippen molar-refractivity contribution in [1.29, 1.82) is 0 Å². The van der Waals surface area contributed by atoms with Crippen LogP contribution in [-0.4, -0.2) is 32.3 Å². The van der Waals surface area contributed by atoms with E-state index in [1.165, 1.54) is 11.1 Å². The minimum Gasteiger partial charge on any atom is -0.381 e. The van der Waals surface area contributed by atoms with Crippen LogP contribution < -0.4 is 10.6 Å². The number of guanidine groups is 1. The Morgan fingerprint density at radius 2 is 2.00 bits per heavy atom. The summed E-state index contributed by atoms with van der Waals surface area (Å²) in [5.74, 6) is 0.844. The molecule has 0 saturated carbocycles. The van der Waals surface area contributed by atoms with Gasteiger partial charge in [0.1, 0.15) is 0 Å². The highest BCUT2D eigenvalue weighted by atomic mass is 127. The van der Waals surface area contributed by atoms with Crippen LogP contribution in [0.3, 0.4) is 0 Å². The van der Waals surface area contributed by atoms with Crippen molar-refractivity contribution in [2.24, 2.45) is 4.99 Å². The average molecular weight is 520 g/mol. The first-order valence-corrected chi connectivity index (χ1v) is 10.4. The molecule has 1 aliphatic heterocycles. The molecule has 1 aliphatic rings. The van der Waals surface area contributed by atoms with Crippen LogP contribution in [0.15, 0.2) is 46.1 Å². The summed E-state index contributed by atoms with van der Waals surface area (Å²) in [6, 6.07) is 10.3. The minimum absolute atomic E-state index is 0. The van der Waals surface area contributed by atoms with Gasteiger partial charge in [-0.1, -0.05) is 29.8 Å². The number of hydrogen-bond acceptors (Lipinski definition) is 3. The van der Waals surface area contributed by atoms with Gasteiger partial charge in [-0.25, -0.2) is 4.99 Å². The number of halogens is 2. The maximum Gasteiger partial charge on any atom is 0.191 e. The molecule has 0 unspecified atom stereocenters. The zero-order chi connectivity index (χ0) is 18.2. The van der Waals surface area contributed by atoms with Crippen LogP contribution in [0.25, 0.3) is 0 Å². The van der Waals surface area contributed by atoms with Crippen molar-refractivity contribution in [2.75, 3.05) is 26.3 Å². The lowest BCUT2D eigenvalue weighted by atomic mass is 9.74. The molecule has 1 aromatic heterocycles. The maximum atomic E-state index is 6.54. The van der Waals surface area contributed by atoms with Gasteiger partial charge < -0.3 is 15.4 Å². The largest absolute Gasteiger partial charge is 0.381 e. The lowest BCUT2D eigenvalue weighted by molar-refractivity contribution is 0.0514. The second-order valence-electron chi connectivity index (χ2n) is 6.55. The van der Waals surface area contributed by atoms with E-state index in [1.807, 2.05) is 12.1 Å². The third kappa shape index (κ3) is 6.07. The molecule has 1 saturated heterocycles. The van der Waals surface area contributed by atoms with Crippen LogP contribution >= 0.6 is 46.9 Å². The molecule has 0 aliphatic carbocycles. The Kier molecular flexibility index (Phi) is 9.35. The normalized spacial score (nSPS) is 16.4. The minimum atomic E-state index is -0.0326. The summed E-state index contributed by atoms with van der Waals surface area (Å²) < 4.78 is 5.62. The van der Waals surface area contributed by atoms with Crippen LogP contribution in [0.5, 0.6) is 0 Å². The van der Waals surface area contributed by atoms with E-state index in [9.17, 15) is 0 Å². The molecule has 4 nitrogen and oxygen atoms in total. The standard InChI is InChI=1S/C20H26ClN3OS.HI/c1-2-22-19(23-13-16-7-12-26-14-16)24-15-20(8-10-25-11-9-20)17-5-3-4-6-18(17)21;/h3-7,12,14H,2,8-11,13,15H2,1H3,(H2,22,23,24);1H. The van der Waals surface area contributed by atoms with Crippen molar-refractivity contribution in [3.05, 3.63) is 57.2 Å². The van der Waals surface area contributed by atoms with Crippen molar-refractivity contribution in [3.8, 4) is 0 Å². The molecule has 2 heterocycles. The van der Waals surface area contributed by atoms with E-state index >= 15 is 0 Å². The molecule has 7 heteroatoms. The van der Waals surface area contributed by atoms with Gasteiger partial charge in [-0.2, -0.15) is 11.3 Å². The maximum absolute atomic E-state index is 6.54. The first-order valence-electron chi connectivity index (χ1n) is 9.09. The predicted molar refractivity (Wildman–Crippen MR) is 126 cm³/mol. The van der Waals surface area contributed by atoms with Crippen molar-refractivity contribution in [1.82, 2.24) is 10.6 Å². The van der Waals surface area contributed by atoms with Crippen molar-refractivity contribution in [2.45, 2.75) is 31.7 Å². The molecule has 1 aromatic carbocycles. The number of hydrogen-bond donors (Lipinski definition) is 2. The molecule has 3 rings (SSSR count). The molecule has 0 bridgehead atoms. The van der Waals surface area contributed by atoms with Gasteiger partial charge in [-0.05, 0) is 53.8 Å². The smallest absolute Gasteiger partial charge is 0.191 e. The first kappa shape index (κ1) is 22.5. The predicted octanol–water partition coefficient (Wildman–Crippen LogP) is 4.82. The fourth-order valence-corrected chi connectivity index (χ4v) is 4.34. The molecule has 27 heavy (non-hydrogen) atoms. The monoisotopic (exact) mass is 519 g/mol. The molecule has 0 atom stereocenters. The highest BCUT2D eigenvalue weighted by molar-refractivity contribution is 14.0. The summed E-state index contributed by atoms with van der Waals surface area (Å²) in [7, 11) is 0. The van der Waals surface area contributed by atoms with E-state index in [1.54, 1.807) is 11.3 Å². The zero-order valence-corrected chi connectivity index (χ0v) is 19.4. The summed E-state index contributed by atoms with van der Waals surface area (Å²) >= 11 is 8.24. The van der Waals surface area contributed by atoms with Gasteiger partial charge >= 0.3 is 0 Å². The van der Waals surface area contributed by atoms with Crippen molar-refractivity contribution >= 4 is 52.9 Å². The van der Waals surface area contributed by atoms with Crippen LogP contribution in [0, 0.1) is 0 Å². The molecular weight excluding hydrogens is 493 g/mol. The Labute approximate surface area is 187 Å². The summed E-state index contributed by atoms with van der Waals surface area (Å²) in [5.41, 5.74) is 2.40. The SMILES string of the molecule is CCNC(=NCc1ccsc1)NCC1(c2ccccc2Cl)CCOCC1.I. The van der Waals surface area contributed by atoms with Crippen molar-refractivity contribution < 1.29 is 4.74 Å². The number of thiophene rings is 1. The van der Waals surface area contributed by atoms with Crippen LogP contribution in [0.4, 0.5) is 0 Å². The number of aliphatic imine (C=N–C) groups is 1. The number of nitrogens with one attached hydrogen (secondary N) is 2. The first-order chi connectivity index (χ1) is 12.7. The molecular formula is C20H27ClIN3OS. The summed E-state index contributed by atoms with van der Waals surface area (Å²) in [6.45, 7) is 5.90. The van der Waals surface area contributed by atoms with E-state index < -0.39 is 0 Å². The lowest BCUT2D eigenvalue weighted by Crippen LogP contribution is -2.48. The van der Waals surface area contributed by atoms with E-state index in [0.717, 1.165) is 50.1 Å². The number of benzene rings is 1. The fraction of sp³-hybridized carbons (Fsp3) is 0.450. The quantitative estimate of drug-likeness (QED) is 0.327. The summed E-state index contributed by atoms with van der Waals surface area (Å²) in [4.78, 5) is 4.72. The van der Waals surface area contributed by atoms with Crippen LogP contribution in [-0.2, 0) is 16.7 Å². The molecule has 2 aromatic rings. The molecule has 0 radical (unpaired) electrons. The van der Waals surface area contributed by atoms with Gasteiger partial charge in [0.05, 0.1) is 6.54 Å². The van der Waals surface area contributed by atoms with Gasteiger partial charge in [0.15, 0.2) is 5.96 Å². The fourth-order valence-electron chi connectivity index (χ4n) is 3.34. The number of nitrogens with zero attached hydrogens (tertiary/aromatic N) is 1. The number of ether oxygens (including phenoxy) is 1. The second kappa shape index (κ2) is 11.2. The Morgan fingerprint density at radius 3 is 2.67 bits per heavy atom. The highest BCUT2D eigenvalue weighted by Crippen LogP contribution is 2.38. The van der Waals surface area contributed by atoms with Crippen molar-refractivity contribution in [3.63, 3.8) is 0 Å². The Hall–Kier alpha value is -0.830. The van der Waals surface area contributed by atoms with E-state index in [4.69, 9.17) is 21.3 Å². The highest BCUT2D eigenvalue weighted by Gasteiger charge is 2.36. The topological polar surface area (TPSA) is 45.7 Å². The van der Waals surface area contributed by atoms with Crippen LogP contribution in [0.1, 0.15) is 30.9 Å².